The van der Waals surface area contributed by atoms with Gasteiger partial charge in [0.1, 0.15) is 0 Å². The van der Waals surface area contributed by atoms with E-state index >= 15 is 0 Å². The Balaban J connectivity index is 2.36. The van der Waals surface area contributed by atoms with E-state index in [1.54, 1.807) is 29.2 Å². The first-order valence-corrected chi connectivity index (χ1v) is 8.86. The minimum Gasteiger partial charge on any atom is -0.366 e. The summed E-state index contributed by atoms with van der Waals surface area (Å²) in [5.74, 6) is -0.920. The minimum absolute atomic E-state index is 0.122. The van der Waals surface area contributed by atoms with Crippen LogP contribution in [0.3, 0.4) is 0 Å². The van der Waals surface area contributed by atoms with Crippen molar-refractivity contribution >= 4 is 40.7 Å². The number of anilines is 1. The molecule has 0 atom stereocenters. The van der Waals surface area contributed by atoms with Crippen LogP contribution in [-0.4, -0.2) is 43.9 Å². The zero-order valence-corrected chi connectivity index (χ0v) is 16.2. The van der Waals surface area contributed by atoms with Gasteiger partial charge in [0.25, 0.3) is 5.91 Å². The lowest BCUT2D eigenvalue weighted by Gasteiger charge is -2.24. The molecule has 0 unspecified atom stereocenters. The highest BCUT2D eigenvalue weighted by Crippen LogP contribution is 2.24. The Morgan fingerprint density at radius 1 is 1.04 bits per heavy atom. The minimum atomic E-state index is -0.674. The molecule has 2 N–H and O–H groups in total. The molecule has 0 spiro atoms. The number of primary amides is 1. The predicted molar refractivity (Wildman–Crippen MR) is 106 cm³/mol. The summed E-state index contributed by atoms with van der Waals surface area (Å²) in [6, 6.07) is 11.6. The van der Waals surface area contributed by atoms with Gasteiger partial charge in [-0.3, -0.25) is 9.59 Å². The summed E-state index contributed by atoms with van der Waals surface area (Å²) < 4.78 is 0. The van der Waals surface area contributed by atoms with Crippen LogP contribution in [0, 0.1) is 0 Å². The molecular weight excluding hydrogens is 373 g/mol. The SMILES string of the molecule is CN(C)CCCN(C(=O)c1ccc(Cl)c(C(N)=O)c1)c1cccc(Cl)c1. The van der Waals surface area contributed by atoms with E-state index in [-0.39, 0.29) is 16.5 Å². The second-order valence-electron chi connectivity index (χ2n) is 6.15. The van der Waals surface area contributed by atoms with Crippen molar-refractivity contribution in [2.45, 2.75) is 6.42 Å². The predicted octanol–water partition coefficient (Wildman–Crippen LogP) is 3.69. The average molecular weight is 394 g/mol. The number of carbonyl (C=O) groups excluding carboxylic acids is 2. The van der Waals surface area contributed by atoms with Crippen molar-refractivity contribution in [1.29, 1.82) is 0 Å². The van der Waals surface area contributed by atoms with Gasteiger partial charge in [-0.25, -0.2) is 0 Å². The van der Waals surface area contributed by atoms with E-state index in [0.717, 1.165) is 13.0 Å². The lowest BCUT2D eigenvalue weighted by Crippen LogP contribution is -2.33. The number of nitrogens with zero attached hydrogens (tertiary/aromatic N) is 2. The summed E-state index contributed by atoms with van der Waals surface area (Å²) in [5, 5.41) is 0.762. The van der Waals surface area contributed by atoms with Crippen LogP contribution in [0.2, 0.25) is 10.0 Å². The van der Waals surface area contributed by atoms with Crippen molar-refractivity contribution in [3.8, 4) is 0 Å². The standard InChI is InChI=1S/C19H21Cl2N3O2/c1-23(2)9-4-10-24(15-6-3-5-14(20)12-15)19(26)13-7-8-17(21)16(11-13)18(22)25/h3,5-8,11-12H,4,9-10H2,1-2H3,(H2,22,25). The quantitative estimate of drug-likeness (QED) is 0.779. The van der Waals surface area contributed by atoms with Crippen LogP contribution in [0.15, 0.2) is 42.5 Å². The third-order valence-corrected chi connectivity index (χ3v) is 4.40. The summed E-state index contributed by atoms with van der Waals surface area (Å²) in [6.07, 6.45) is 0.779. The molecule has 2 rings (SSSR count). The van der Waals surface area contributed by atoms with Gasteiger partial charge in [0.15, 0.2) is 0 Å². The molecule has 2 aromatic rings. The number of carbonyl (C=O) groups is 2. The van der Waals surface area contributed by atoms with Crippen LogP contribution in [0.4, 0.5) is 5.69 Å². The Bertz CT molecular complexity index is 809. The monoisotopic (exact) mass is 393 g/mol. The maximum absolute atomic E-state index is 13.1. The fourth-order valence-electron chi connectivity index (χ4n) is 2.54. The van der Waals surface area contributed by atoms with Gasteiger partial charge in [0.2, 0.25) is 5.91 Å². The molecule has 0 heterocycles. The van der Waals surface area contributed by atoms with Gasteiger partial charge in [-0.05, 0) is 63.5 Å². The van der Waals surface area contributed by atoms with Gasteiger partial charge in [-0.1, -0.05) is 29.3 Å². The molecule has 138 valence electrons. The van der Waals surface area contributed by atoms with E-state index in [2.05, 4.69) is 0 Å². The summed E-state index contributed by atoms with van der Waals surface area (Å²) >= 11 is 12.1. The van der Waals surface area contributed by atoms with E-state index < -0.39 is 5.91 Å². The smallest absolute Gasteiger partial charge is 0.258 e. The maximum atomic E-state index is 13.1. The number of benzene rings is 2. The average Bonchev–Trinajstić information content (AvgIpc) is 2.58. The van der Waals surface area contributed by atoms with Crippen molar-refractivity contribution in [3.05, 3.63) is 63.6 Å². The zero-order valence-electron chi connectivity index (χ0n) is 14.7. The molecule has 0 saturated heterocycles. The molecule has 0 radical (unpaired) electrons. The molecule has 0 aromatic heterocycles. The van der Waals surface area contributed by atoms with Crippen LogP contribution in [0.1, 0.15) is 27.1 Å². The highest BCUT2D eigenvalue weighted by atomic mass is 35.5. The number of hydrogen-bond acceptors (Lipinski definition) is 3. The van der Waals surface area contributed by atoms with Gasteiger partial charge in [0, 0.05) is 22.8 Å². The van der Waals surface area contributed by atoms with Crippen LogP contribution < -0.4 is 10.6 Å². The Kier molecular flexibility index (Phi) is 7.03. The molecule has 2 amide bonds. The Labute approximate surface area is 163 Å². The third-order valence-electron chi connectivity index (χ3n) is 3.83. The van der Waals surface area contributed by atoms with E-state index in [0.29, 0.717) is 22.8 Å². The maximum Gasteiger partial charge on any atom is 0.258 e. The van der Waals surface area contributed by atoms with E-state index in [1.807, 2.05) is 25.1 Å². The molecule has 5 nitrogen and oxygen atoms in total. The summed E-state index contributed by atoms with van der Waals surface area (Å²) in [4.78, 5) is 28.3. The second kappa shape index (κ2) is 9.03. The fourth-order valence-corrected chi connectivity index (χ4v) is 2.94. The van der Waals surface area contributed by atoms with E-state index in [4.69, 9.17) is 28.9 Å². The molecule has 0 aliphatic rings. The number of halogens is 2. The van der Waals surface area contributed by atoms with Crippen molar-refractivity contribution in [1.82, 2.24) is 4.90 Å². The Hall–Kier alpha value is -2.08. The van der Waals surface area contributed by atoms with Crippen molar-refractivity contribution in [2.75, 3.05) is 32.1 Å². The number of amides is 2. The molecule has 0 saturated carbocycles. The number of hydrogen-bond donors (Lipinski definition) is 1. The first-order chi connectivity index (χ1) is 12.3. The van der Waals surface area contributed by atoms with Crippen LogP contribution in [-0.2, 0) is 0 Å². The van der Waals surface area contributed by atoms with E-state index in [1.165, 1.54) is 12.1 Å². The van der Waals surface area contributed by atoms with Gasteiger partial charge >= 0.3 is 0 Å². The van der Waals surface area contributed by atoms with Crippen LogP contribution in [0.25, 0.3) is 0 Å². The highest BCUT2D eigenvalue weighted by Gasteiger charge is 2.20. The molecule has 0 aliphatic heterocycles. The van der Waals surface area contributed by atoms with Crippen molar-refractivity contribution < 1.29 is 9.59 Å². The van der Waals surface area contributed by atoms with Gasteiger partial charge < -0.3 is 15.5 Å². The number of rotatable bonds is 7. The lowest BCUT2D eigenvalue weighted by molar-refractivity contribution is 0.0986. The molecule has 7 heteroatoms. The molecule has 0 bridgehead atoms. The first kappa shape index (κ1) is 20.2. The van der Waals surface area contributed by atoms with Gasteiger partial charge in [-0.2, -0.15) is 0 Å². The topological polar surface area (TPSA) is 66.6 Å². The van der Waals surface area contributed by atoms with Crippen LogP contribution in [0.5, 0.6) is 0 Å². The Morgan fingerprint density at radius 3 is 2.38 bits per heavy atom. The Morgan fingerprint density at radius 2 is 1.77 bits per heavy atom. The number of nitrogens with two attached hydrogens (primary N) is 1. The second-order valence-corrected chi connectivity index (χ2v) is 7.00. The first-order valence-electron chi connectivity index (χ1n) is 8.11. The zero-order chi connectivity index (χ0) is 19.3. The molecule has 0 aliphatic carbocycles. The normalized spacial score (nSPS) is 10.8. The summed E-state index contributed by atoms with van der Waals surface area (Å²) in [6.45, 7) is 1.34. The lowest BCUT2D eigenvalue weighted by atomic mass is 10.1. The molecular formula is C19H21Cl2N3O2. The van der Waals surface area contributed by atoms with Crippen molar-refractivity contribution in [3.63, 3.8) is 0 Å². The molecule has 26 heavy (non-hydrogen) atoms. The largest absolute Gasteiger partial charge is 0.366 e. The summed E-state index contributed by atoms with van der Waals surface area (Å²) in [5.41, 5.74) is 6.49. The summed E-state index contributed by atoms with van der Waals surface area (Å²) in [7, 11) is 3.95. The van der Waals surface area contributed by atoms with Crippen LogP contribution >= 0.6 is 23.2 Å². The third kappa shape index (κ3) is 5.21. The fraction of sp³-hybridized carbons (Fsp3) is 0.263. The van der Waals surface area contributed by atoms with Gasteiger partial charge in [0.05, 0.1) is 10.6 Å². The van der Waals surface area contributed by atoms with Crippen molar-refractivity contribution in [2.24, 2.45) is 5.73 Å². The molecule has 2 aromatic carbocycles. The van der Waals surface area contributed by atoms with E-state index in [9.17, 15) is 9.59 Å². The van der Waals surface area contributed by atoms with Gasteiger partial charge in [-0.15, -0.1) is 0 Å². The highest BCUT2D eigenvalue weighted by molar-refractivity contribution is 6.34. The molecule has 0 fully saturated rings.